The molecule has 0 aromatic carbocycles. The van der Waals surface area contributed by atoms with Crippen molar-refractivity contribution >= 4 is 0 Å². The lowest BCUT2D eigenvalue weighted by Gasteiger charge is -2.29. The molecule has 0 amide bonds. The number of hydrogen-bond donors (Lipinski definition) is 1. The molecule has 1 heterocycles. The first-order chi connectivity index (χ1) is 6.83. The zero-order chi connectivity index (χ0) is 10.8. The third-order valence-electron chi connectivity index (χ3n) is 2.50. The Morgan fingerprint density at radius 2 is 1.93 bits per heavy atom. The maximum Gasteiger partial charge on any atom is 0.00915 e. The molecule has 0 radical (unpaired) electrons. The average molecular weight is 198 g/mol. The minimum Gasteiger partial charge on any atom is -0.314 e. The van der Waals surface area contributed by atoms with Crippen LogP contribution in [0.15, 0.2) is 12.7 Å². The number of hydrogen-bond acceptors (Lipinski definition) is 2. The molecular weight excluding hydrogens is 172 g/mol. The van der Waals surface area contributed by atoms with E-state index in [1.165, 1.54) is 25.9 Å². The van der Waals surface area contributed by atoms with Crippen molar-refractivity contribution < 1.29 is 0 Å². The second-order valence-corrected chi connectivity index (χ2v) is 3.61. The van der Waals surface area contributed by atoms with Gasteiger partial charge in [0.1, 0.15) is 0 Å². The fourth-order valence-electron chi connectivity index (χ4n) is 1.60. The van der Waals surface area contributed by atoms with E-state index in [-0.39, 0.29) is 0 Å². The van der Waals surface area contributed by atoms with Crippen LogP contribution in [0.25, 0.3) is 0 Å². The van der Waals surface area contributed by atoms with Gasteiger partial charge in [0.2, 0.25) is 0 Å². The molecule has 1 rings (SSSR count). The van der Waals surface area contributed by atoms with Gasteiger partial charge < -0.3 is 10.2 Å². The Kier molecular flexibility index (Phi) is 9.00. The molecule has 1 aliphatic rings. The van der Waals surface area contributed by atoms with Gasteiger partial charge >= 0.3 is 0 Å². The van der Waals surface area contributed by atoms with E-state index >= 15 is 0 Å². The fraction of sp³-hybridized carbons (Fsp3) is 0.833. The highest BCUT2D eigenvalue weighted by Gasteiger charge is 2.14. The summed E-state index contributed by atoms with van der Waals surface area (Å²) in [5.74, 6) is 0. The lowest BCUT2D eigenvalue weighted by Crippen LogP contribution is -2.41. The van der Waals surface area contributed by atoms with Gasteiger partial charge in [-0.1, -0.05) is 19.9 Å². The Morgan fingerprint density at radius 1 is 1.36 bits per heavy atom. The van der Waals surface area contributed by atoms with Crippen LogP contribution < -0.4 is 5.32 Å². The van der Waals surface area contributed by atoms with E-state index in [1.807, 2.05) is 19.9 Å². The van der Waals surface area contributed by atoms with Crippen LogP contribution in [-0.4, -0.2) is 37.6 Å². The predicted molar refractivity (Wildman–Crippen MR) is 64.7 cm³/mol. The zero-order valence-corrected chi connectivity index (χ0v) is 10.1. The van der Waals surface area contributed by atoms with Gasteiger partial charge in [-0.3, -0.25) is 0 Å². The first-order valence-electron chi connectivity index (χ1n) is 5.85. The van der Waals surface area contributed by atoms with E-state index < -0.39 is 0 Å². The van der Waals surface area contributed by atoms with Crippen LogP contribution in [-0.2, 0) is 0 Å². The van der Waals surface area contributed by atoms with Crippen molar-refractivity contribution in [2.24, 2.45) is 0 Å². The van der Waals surface area contributed by atoms with E-state index in [0.29, 0.717) is 0 Å². The van der Waals surface area contributed by atoms with Crippen molar-refractivity contribution in [1.29, 1.82) is 0 Å². The molecule has 1 saturated heterocycles. The first-order valence-corrected chi connectivity index (χ1v) is 5.85. The molecule has 0 bridgehead atoms. The Balaban J connectivity index is 0.000000791. The number of rotatable bonds is 4. The molecule has 0 saturated carbocycles. The van der Waals surface area contributed by atoms with Gasteiger partial charge in [0, 0.05) is 6.04 Å². The summed E-state index contributed by atoms with van der Waals surface area (Å²) in [6, 6.07) is 0.751. The van der Waals surface area contributed by atoms with E-state index in [0.717, 1.165) is 19.0 Å². The SMILES string of the molecule is C=CCCNC1CCN(C)CC1.CC. The zero-order valence-electron chi connectivity index (χ0n) is 10.1. The van der Waals surface area contributed by atoms with E-state index in [2.05, 4.69) is 23.8 Å². The summed E-state index contributed by atoms with van der Waals surface area (Å²) in [6.45, 7) is 11.3. The monoisotopic (exact) mass is 198 g/mol. The summed E-state index contributed by atoms with van der Waals surface area (Å²) in [6.07, 6.45) is 5.66. The van der Waals surface area contributed by atoms with Gasteiger partial charge in [0.05, 0.1) is 0 Å². The second kappa shape index (κ2) is 9.22. The number of nitrogens with one attached hydrogen (secondary N) is 1. The normalized spacial score (nSPS) is 18.5. The third kappa shape index (κ3) is 6.17. The van der Waals surface area contributed by atoms with Crippen molar-refractivity contribution in [2.45, 2.75) is 39.2 Å². The van der Waals surface area contributed by atoms with Crippen LogP contribution in [0.1, 0.15) is 33.1 Å². The van der Waals surface area contributed by atoms with E-state index in [9.17, 15) is 0 Å². The molecule has 0 spiro atoms. The largest absolute Gasteiger partial charge is 0.314 e. The van der Waals surface area contributed by atoms with Gasteiger partial charge in [-0.2, -0.15) is 0 Å². The highest BCUT2D eigenvalue weighted by molar-refractivity contribution is 4.77. The van der Waals surface area contributed by atoms with E-state index in [1.54, 1.807) is 0 Å². The molecule has 2 heteroatoms. The summed E-state index contributed by atoms with van der Waals surface area (Å²) in [5, 5.41) is 3.55. The predicted octanol–water partition coefficient (Wildman–Crippen LogP) is 2.27. The second-order valence-electron chi connectivity index (χ2n) is 3.61. The minimum atomic E-state index is 0.751. The Hall–Kier alpha value is -0.340. The number of likely N-dealkylation sites (tertiary alicyclic amines) is 1. The van der Waals surface area contributed by atoms with Gasteiger partial charge in [0.15, 0.2) is 0 Å². The smallest absolute Gasteiger partial charge is 0.00915 e. The summed E-state index contributed by atoms with van der Waals surface area (Å²) in [4.78, 5) is 2.39. The van der Waals surface area contributed by atoms with Gasteiger partial charge in [-0.15, -0.1) is 6.58 Å². The molecule has 2 nitrogen and oxygen atoms in total. The van der Waals surface area contributed by atoms with Crippen LogP contribution in [0.3, 0.4) is 0 Å². The minimum absolute atomic E-state index is 0.751. The van der Waals surface area contributed by atoms with Crippen molar-refractivity contribution in [1.82, 2.24) is 10.2 Å². The van der Waals surface area contributed by atoms with Crippen LogP contribution in [0.4, 0.5) is 0 Å². The van der Waals surface area contributed by atoms with Crippen LogP contribution >= 0.6 is 0 Å². The lowest BCUT2D eigenvalue weighted by atomic mass is 10.1. The highest BCUT2D eigenvalue weighted by atomic mass is 15.1. The third-order valence-corrected chi connectivity index (χ3v) is 2.50. The molecule has 0 aromatic rings. The Bertz CT molecular complexity index is 126. The van der Waals surface area contributed by atoms with E-state index in [4.69, 9.17) is 0 Å². The molecule has 0 unspecified atom stereocenters. The van der Waals surface area contributed by atoms with Crippen LogP contribution in [0.2, 0.25) is 0 Å². The van der Waals surface area contributed by atoms with Crippen molar-refractivity contribution in [3.8, 4) is 0 Å². The molecule has 84 valence electrons. The molecular formula is C12H26N2. The summed E-state index contributed by atoms with van der Waals surface area (Å²) in [5.41, 5.74) is 0. The highest BCUT2D eigenvalue weighted by Crippen LogP contribution is 2.07. The van der Waals surface area contributed by atoms with Crippen LogP contribution in [0, 0.1) is 0 Å². The standard InChI is InChI=1S/C10H20N2.C2H6/c1-3-4-7-11-10-5-8-12(2)9-6-10;1-2/h3,10-11H,1,4-9H2,2H3;1-2H3. The van der Waals surface area contributed by atoms with Gasteiger partial charge in [-0.05, 0) is 45.9 Å². The molecule has 0 aromatic heterocycles. The fourth-order valence-corrected chi connectivity index (χ4v) is 1.60. The Labute approximate surface area is 89.4 Å². The maximum atomic E-state index is 3.71. The summed E-state index contributed by atoms with van der Waals surface area (Å²) in [7, 11) is 2.19. The van der Waals surface area contributed by atoms with Crippen molar-refractivity contribution in [3.63, 3.8) is 0 Å². The van der Waals surface area contributed by atoms with Crippen molar-refractivity contribution in [2.75, 3.05) is 26.7 Å². The first kappa shape index (κ1) is 13.7. The number of piperidine rings is 1. The average Bonchev–Trinajstić information content (AvgIpc) is 2.24. The van der Waals surface area contributed by atoms with Crippen LogP contribution in [0.5, 0.6) is 0 Å². The molecule has 0 aliphatic carbocycles. The summed E-state index contributed by atoms with van der Waals surface area (Å²) < 4.78 is 0. The molecule has 1 fully saturated rings. The Morgan fingerprint density at radius 3 is 2.43 bits per heavy atom. The van der Waals surface area contributed by atoms with Gasteiger partial charge in [-0.25, -0.2) is 0 Å². The summed E-state index contributed by atoms with van der Waals surface area (Å²) >= 11 is 0. The molecule has 1 aliphatic heterocycles. The maximum absolute atomic E-state index is 3.71. The number of nitrogens with zero attached hydrogens (tertiary/aromatic N) is 1. The topological polar surface area (TPSA) is 15.3 Å². The molecule has 0 atom stereocenters. The van der Waals surface area contributed by atoms with Crippen molar-refractivity contribution in [3.05, 3.63) is 12.7 Å². The quantitative estimate of drug-likeness (QED) is 0.551. The lowest BCUT2D eigenvalue weighted by molar-refractivity contribution is 0.235. The molecule has 1 N–H and O–H groups in total. The van der Waals surface area contributed by atoms with Gasteiger partial charge in [0.25, 0.3) is 0 Å². The molecule has 14 heavy (non-hydrogen) atoms.